The van der Waals surface area contributed by atoms with Gasteiger partial charge in [0.25, 0.3) is 0 Å². The summed E-state index contributed by atoms with van der Waals surface area (Å²) in [5, 5.41) is 0. The number of anilines is 1. The maximum absolute atomic E-state index is 6.00. The molecule has 120 valence electrons. The van der Waals surface area contributed by atoms with Gasteiger partial charge in [0.1, 0.15) is 0 Å². The average molecular weight is 332 g/mol. The van der Waals surface area contributed by atoms with Crippen LogP contribution in [0, 0.1) is 11.8 Å². The molecule has 0 unspecified atom stereocenters. The average Bonchev–Trinajstić information content (AvgIpc) is 3.13. The van der Waals surface area contributed by atoms with Crippen LogP contribution in [-0.2, 0) is 7.05 Å². The number of hydrogen-bond acceptors (Lipinski definition) is 5. The van der Waals surface area contributed by atoms with Crippen LogP contribution >= 0.6 is 12.4 Å². The lowest BCUT2D eigenvalue weighted by Gasteiger charge is -1.99. The minimum absolute atomic E-state index is 0. The Hall–Kier alpha value is -2.52. The van der Waals surface area contributed by atoms with Gasteiger partial charge in [-0.05, 0) is 24.5 Å². The second-order valence-electron chi connectivity index (χ2n) is 4.98. The van der Waals surface area contributed by atoms with Crippen molar-refractivity contribution in [1.29, 1.82) is 0 Å². The minimum atomic E-state index is 0. The number of aryl methyl sites for hydroxylation is 1. The minimum Gasteiger partial charge on any atom is -0.461 e. The fourth-order valence-electron chi connectivity index (χ4n) is 2.17. The number of hydrogen-bond donors (Lipinski definition) is 1. The molecule has 0 aliphatic carbocycles. The van der Waals surface area contributed by atoms with Gasteiger partial charge in [-0.2, -0.15) is 0 Å². The number of furan rings is 1. The quantitative estimate of drug-likeness (QED) is 0.588. The first-order chi connectivity index (χ1) is 10.7. The molecule has 23 heavy (non-hydrogen) atoms. The predicted octanol–water partition coefficient (Wildman–Crippen LogP) is 3.17. The lowest BCUT2D eigenvalue weighted by atomic mass is 10.2. The van der Waals surface area contributed by atoms with E-state index >= 15 is 0 Å². The van der Waals surface area contributed by atoms with Crippen LogP contribution in [0.25, 0.3) is 22.7 Å². The predicted molar refractivity (Wildman–Crippen MR) is 92.1 cm³/mol. The van der Waals surface area contributed by atoms with Crippen molar-refractivity contribution in [1.82, 2.24) is 19.5 Å². The van der Waals surface area contributed by atoms with Crippen LogP contribution in [0.15, 0.2) is 22.8 Å². The molecule has 0 saturated carbocycles. The van der Waals surface area contributed by atoms with E-state index in [1.54, 1.807) is 6.26 Å². The lowest BCUT2D eigenvalue weighted by molar-refractivity contribution is 0.574. The SMILES string of the molecule is CCCCC#Cc1nc(N)c2nc(-c3ccco3)n(C)c2n1.Cl. The van der Waals surface area contributed by atoms with Gasteiger partial charge in [-0.3, -0.25) is 0 Å². The van der Waals surface area contributed by atoms with Crippen LogP contribution in [0.1, 0.15) is 32.0 Å². The highest BCUT2D eigenvalue weighted by molar-refractivity contribution is 5.85. The third-order valence-electron chi connectivity index (χ3n) is 3.34. The first-order valence-corrected chi connectivity index (χ1v) is 7.23. The van der Waals surface area contributed by atoms with Crippen LogP contribution in [0.5, 0.6) is 0 Å². The van der Waals surface area contributed by atoms with Crippen molar-refractivity contribution in [2.75, 3.05) is 5.73 Å². The van der Waals surface area contributed by atoms with Crippen molar-refractivity contribution < 1.29 is 4.42 Å². The molecule has 3 heterocycles. The van der Waals surface area contributed by atoms with Gasteiger partial charge in [0.05, 0.1) is 6.26 Å². The normalized spacial score (nSPS) is 10.2. The summed E-state index contributed by atoms with van der Waals surface area (Å²) >= 11 is 0. The number of halogens is 1. The molecule has 0 aliphatic heterocycles. The summed E-state index contributed by atoms with van der Waals surface area (Å²) in [4.78, 5) is 13.2. The second kappa shape index (κ2) is 7.16. The van der Waals surface area contributed by atoms with Crippen LogP contribution < -0.4 is 5.73 Å². The van der Waals surface area contributed by atoms with Crippen molar-refractivity contribution in [2.24, 2.45) is 7.05 Å². The molecule has 7 heteroatoms. The molecule has 0 aromatic carbocycles. The fraction of sp³-hybridized carbons (Fsp3) is 0.312. The molecule has 0 fully saturated rings. The Labute approximate surface area is 140 Å². The Balaban J connectivity index is 0.00000192. The van der Waals surface area contributed by atoms with Gasteiger partial charge in [-0.1, -0.05) is 19.3 Å². The molecule has 0 aliphatic rings. The standard InChI is InChI=1S/C16H17N5O.ClH/c1-3-4-5-6-9-12-18-14(17)13-16(19-12)21(2)15(20-13)11-8-7-10-22-11;/h7-8,10H,3-5H2,1-2H3,(H2,17,18,19);1H. The highest BCUT2D eigenvalue weighted by Crippen LogP contribution is 2.25. The molecule has 0 saturated heterocycles. The van der Waals surface area contributed by atoms with E-state index in [2.05, 4.69) is 33.7 Å². The summed E-state index contributed by atoms with van der Waals surface area (Å²) in [5.74, 6) is 8.12. The number of nitrogens with two attached hydrogens (primary N) is 1. The number of aromatic nitrogens is 4. The van der Waals surface area contributed by atoms with Gasteiger partial charge in [0, 0.05) is 13.5 Å². The highest BCUT2D eigenvalue weighted by atomic mass is 35.5. The zero-order chi connectivity index (χ0) is 15.5. The largest absolute Gasteiger partial charge is 0.461 e. The number of nitrogen functional groups attached to an aromatic ring is 1. The van der Waals surface area contributed by atoms with Crippen LogP contribution in [-0.4, -0.2) is 19.5 Å². The first kappa shape index (κ1) is 16.8. The van der Waals surface area contributed by atoms with Crippen LogP contribution in [0.3, 0.4) is 0 Å². The number of fused-ring (bicyclic) bond motifs is 1. The maximum Gasteiger partial charge on any atom is 0.208 e. The van der Waals surface area contributed by atoms with E-state index in [0.717, 1.165) is 19.3 Å². The summed E-state index contributed by atoms with van der Waals surface area (Å²) in [6.45, 7) is 2.13. The van der Waals surface area contributed by atoms with E-state index in [1.165, 1.54) is 0 Å². The zero-order valence-corrected chi connectivity index (χ0v) is 13.9. The number of nitrogens with zero attached hydrogens (tertiary/aromatic N) is 4. The van der Waals surface area contributed by atoms with Crippen molar-refractivity contribution in [2.45, 2.75) is 26.2 Å². The summed E-state index contributed by atoms with van der Waals surface area (Å²) in [7, 11) is 1.87. The van der Waals surface area contributed by atoms with Gasteiger partial charge in [-0.25, -0.2) is 15.0 Å². The van der Waals surface area contributed by atoms with Crippen molar-refractivity contribution in [3.8, 4) is 23.4 Å². The molecule has 6 nitrogen and oxygen atoms in total. The van der Waals surface area contributed by atoms with Crippen molar-refractivity contribution >= 4 is 29.4 Å². The van der Waals surface area contributed by atoms with E-state index in [4.69, 9.17) is 10.2 Å². The van der Waals surface area contributed by atoms with Gasteiger partial charge in [0.15, 0.2) is 28.6 Å². The zero-order valence-electron chi connectivity index (χ0n) is 13.0. The maximum atomic E-state index is 6.00. The van der Waals surface area contributed by atoms with Gasteiger partial charge in [0.2, 0.25) is 5.82 Å². The lowest BCUT2D eigenvalue weighted by Crippen LogP contribution is -2.00. The van der Waals surface area contributed by atoms with Gasteiger partial charge < -0.3 is 14.7 Å². The fourth-order valence-corrected chi connectivity index (χ4v) is 2.17. The molecule has 0 bridgehead atoms. The van der Waals surface area contributed by atoms with Crippen LogP contribution in [0.2, 0.25) is 0 Å². The Bertz CT molecular complexity index is 858. The number of rotatable bonds is 3. The second-order valence-corrected chi connectivity index (χ2v) is 4.98. The molecular formula is C16H18ClN5O. The Morgan fingerprint density at radius 1 is 1.30 bits per heavy atom. The van der Waals surface area contributed by atoms with Crippen LogP contribution in [0.4, 0.5) is 5.82 Å². The van der Waals surface area contributed by atoms with E-state index in [0.29, 0.717) is 34.4 Å². The monoisotopic (exact) mass is 331 g/mol. The van der Waals surface area contributed by atoms with Gasteiger partial charge in [-0.15, -0.1) is 12.4 Å². The summed E-state index contributed by atoms with van der Waals surface area (Å²) in [6.07, 6.45) is 4.62. The first-order valence-electron chi connectivity index (χ1n) is 7.23. The van der Waals surface area contributed by atoms with Crippen molar-refractivity contribution in [3.63, 3.8) is 0 Å². The Kier molecular flexibility index (Phi) is 5.24. The topological polar surface area (TPSA) is 82.8 Å². The van der Waals surface area contributed by atoms with E-state index in [9.17, 15) is 0 Å². The van der Waals surface area contributed by atoms with Gasteiger partial charge >= 0.3 is 0 Å². The molecule has 0 radical (unpaired) electrons. The third-order valence-corrected chi connectivity index (χ3v) is 3.34. The molecule has 3 rings (SSSR count). The highest BCUT2D eigenvalue weighted by Gasteiger charge is 2.16. The third kappa shape index (κ3) is 3.30. The summed E-state index contributed by atoms with van der Waals surface area (Å²) < 4.78 is 7.23. The summed E-state index contributed by atoms with van der Waals surface area (Å²) in [5.41, 5.74) is 7.21. The van der Waals surface area contributed by atoms with E-state index in [1.807, 2.05) is 23.7 Å². The number of unbranched alkanes of at least 4 members (excludes halogenated alkanes) is 2. The van der Waals surface area contributed by atoms with E-state index < -0.39 is 0 Å². The molecule has 0 spiro atoms. The molecule has 0 amide bonds. The van der Waals surface area contributed by atoms with Crippen molar-refractivity contribution in [3.05, 3.63) is 24.2 Å². The molecule has 3 aromatic heterocycles. The molecule has 0 atom stereocenters. The number of imidazole rings is 1. The smallest absolute Gasteiger partial charge is 0.208 e. The Morgan fingerprint density at radius 2 is 2.13 bits per heavy atom. The molecule has 2 N–H and O–H groups in total. The molecular weight excluding hydrogens is 314 g/mol. The summed E-state index contributed by atoms with van der Waals surface area (Å²) in [6, 6.07) is 3.66. The van der Waals surface area contributed by atoms with E-state index in [-0.39, 0.29) is 12.4 Å². The molecule has 3 aromatic rings. The Morgan fingerprint density at radius 3 is 2.83 bits per heavy atom.